The van der Waals surface area contributed by atoms with Gasteiger partial charge in [0, 0.05) is 11.8 Å². The minimum absolute atomic E-state index is 0.423. The van der Waals surface area contributed by atoms with Crippen molar-refractivity contribution < 1.29 is 9.47 Å². The van der Waals surface area contributed by atoms with Crippen LogP contribution in [0, 0.1) is 11.8 Å². The molecule has 0 bridgehead atoms. The van der Waals surface area contributed by atoms with Gasteiger partial charge in [-0.2, -0.15) is 0 Å². The Morgan fingerprint density at radius 1 is 0.808 bits per heavy atom. The lowest BCUT2D eigenvalue weighted by atomic mass is 9.96. The molecule has 0 aliphatic heterocycles. The Labute approximate surface area is 167 Å². The standard InChI is InChI=1S/C22H28Cl2O2/c1-15(2)13-25-21-9-8-17(10-22(21)26-14-16(3)4)19-7-5-6-18(11-23)20(19)12-24/h5-10,15-16H,11-14H2,1-4H3. The maximum Gasteiger partial charge on any atom is 0.161 e. The average molecular weight is 395 g/mol. The van der Waals surface area contributed by atoms with E-state index in [4.69, 9.17) is 32.7 Å². The summed E-state index contributed by atoms with van der Waals surface area (Å²) >= 11 is 12.3. The number of hydrogen-bond acceptors (Lipinski definition) is 2. The van der Waals surface area contributed by atoms with Crippen LogP contribution in [0.3, 0.4) is 0 Å². The van der Waals surface area contributed by atoms with Crippen LogP contribution < -0.4 is 9.47 Å². The maximum atomic E-state index is 6.21. The van der Waals surface area contributed by atoms with E-state index in [9.17, 15) is 0 Å². The van der Waals surface area contributed by atoms with Gasteiger partial charge in [0.1, 0.15) is 0 Å². The Morgan fingerprint density at radius 2 is 1.46 bits per heavy atom. The zero-order valence-electron chi connectivity index (χ0n) is 16.0. The second-order valence-electron chi connectivity index (χ2n) is 7.28. The van der Waals surface area contributed by atoms with Crippen molar-refractivity contribution in [3.63, 3.8) is 0 Å². The summed E-state index contributed by atoms with van der Waals surface area (Å²) in [7, 11) is 0. The molecule has 0 unspecified atom stereocenters. The van der Waals surface area contributed by atoms with E-state index < -0.39 is 0 Å². The molecule has 0 saturated heterocycles. The second-order valence-corrected chi connectivity index (χ2v) is 7.82. The summed E-state index contributed by atoms with van der Waals surface area (Å²) in [6, 6.07) is 12.2. The molecule has 0 saturated carbocycles. The van der Waals surface area contributed by atoms with Crippen molar-refractivity contribution in [1.82, 2.24) is 0 Å². The summed E-state index contributed by atoms with van der Waals surface area (Å²) in [5.41, 5.74) is 4.27. The summed E-state index contributed by atoms with van der Waals surface area (Å²) in [6.45, 7) is 9.83. The lowest BCUT2D eigenvalue weighted by Crippen LogP contribution is -2.09. The van der Waals surface area contributed by atoms with Crippen LogP contribution in [0.1, 0.15) is 38.8 Å². The van der Waals surface area contributed by atoms with Gasteiger partial charge in [-0.15, -0.1) is 23.2 Å². The molecule has 0 aromatic heterocycles. The van der Waals surface area contributed by atoms with E-state index in [0.717, 1.165) is 33.8 Å². The van der Waals surface area contributed by atoms with E-state index in [1.165, 1.54) is 0 Å². The van der Waals surface area contributed by atoms with Gasteiger partial charge < -0.3 is 9.47 Å². The molecule has 2 nitrogen and oxygen atoms in total. The van der Waals surface area contributed by atoms with Gasteiger partial charge in [-0.1, -0.05) is 52.0 Å². The minimum Gasteiger partial charge on any atom is -0.489 e. The van der Waals surface area contributed by atoms with E-state index >= 15 is 0 Å². The first-order valence-corrected chi connectivity index (χ1v) is 10.2. The highest BCUT2D eigenvalue weighted by atomic mass is 35.5. The minimum atomic E-state index is 0.423. The Hall–Kier alpha value is -1.38. The van der Waals surface area contributed by atoms with Crippen molar-refractivity contribution in [1.29, 1.82) is 0 Å². The van der Waals surface area contributed by atoms with Crippen molar-refractivity contribution in [3.8, 4) is 22.6 Å². The van der Waals surface area contributed by atoms with Gasteiger partial charge >= 0.3 is 0 Å². The Balaban J connectivity index is 2.42. The fourth-order valence-electron chi connectivity index (χ4n) is 2.61. The monoisotopic (exact) mass is 394 g/mol. The molecule has 0 N–H and O–H groups in total. The summed E-state index contributed by atoms with van der Waals surface area (Å²) in [5, 5.41) is 0. The molecule has 0 heterocycles. The van der Waals surface area contributed by atoms with Crippen LogP contribution in [0.25, 0.3) is 11.1 Å². The maximum absolute atomic E-state index is 6.21. The lowest BCUT2D eigenvalue weighted by molar-refractivity contribution is 0.229. The molecule has 142 valence electrons. The number of hydrogen-bond donors (Lipinski definition) is 0. The van der Waals surface area contributed by atoms with Crippen LogP contribution in [-0.4, -0.2) is 13.2 Å². The molecular weight excluding hydrogens is 367 g/mol. The first-order valence-electron chi connectivity index (χ1n) is 9.09. The molecule has 0 aliphatic rings. The third-order valence-corrected chi connectivity index (χ3v) is 4.50. The van der Waals surface area contributed by atoms with Crippen molar-refractivity contribution in [3.05, 3.63) is 47.5 Å². The fraction of sp³-hybridized carbons (Fsp3) is 0.455. The second kappa shape index (κ2) is 10.1. The predicted octanol–water partition coefficient (Wildman–Crippen LogP) is 6.90. The van der Waals surface area contributed by atoms with Gasteiger partial charge in [0.2, 0.25) is 0 Å². The Kier molecular flexibility index (Phi) is 8.12. The van der Waals surface area contributed by atoms with E-state index in [0.29, 0.717) is 36.8 Å². The fourth-order valence-corrected chi connectivity index (χ4v) is 3.17. The number of alkyl halides is 2. The topological polar surface area (TPSA) is 18.5 Å². The predicted molar refractivity (Wildman–Crippen MR) is 112 cm³/mol. The summed E-state index contributed by atoms with van der Waals surface area (Å²) in [4.78, 5) is 0. The van der Waals surface area contributed by atoms with E-state index in [1.807, 2.05) is 24.3 Å². The van der Waals surface area contributed by atoms with E-state index in [1.54, 1.807) is 0 Å². The molecule has 0 amide bonds. The van der Waals surface area contributed by atoms with E-state index in [-0.39, 0.29) is 0 Å². The van der Waals surface area contributed by atoms with Gasteiger partial charge in [0.05, 0.1) is 13.2 Å². The van der Waals surface area contributed by atoms with Crippen molar-refractivity contribution in [2.45, 2.75) is 39.5 Å². The smallest absolute Gasteiger partial charge is 0.161 e. The quantitative estimate of drug-likeness (QED) is 0.430. The van der Waals surface area contributed by atoms with Crippen LogP contribution in [0.15, 0.2) is 36.4 Å². The first kappa shape index (κ1) is 20.9. The molecule has 0 fully saturated rings. The van der Waals surface area contributed by atoms with Crippen LogP contribution in [0.2, 0.25) is 0 Å². The van der Waals surface area contributed by atoms with Gasteiger partial charge in [-0.3, -0.25) is 0 Å². The molecule has 2 rings (SSSR count). The van der Waals surface area contributed by atoms with Gasteiger partial charge in [-0.25, -0.2) is 0 Å². The van der Waals surface area contributed by atoms with Gasteiger partial charge in [0.25, 0.3) is 0 Å². The zero-order chi connectivity index (χ0) is 19.1. The normalized spacial score (nSPS) is 11.2. The van der Waals surface area contributed by atoms with Gasteiger partial charge in [0.15, 0.2) is 11.5 Å². The number of ether oxygens (including phenoxy) is 2. The molecule has 4 heteroatoms. The molecule has 0 spiro atoms. The average Bonchev–Trinajstić information content (AvgIpc) is 2.63. The third-order valence-electron chi connectivity index (χ3n) is 3.95. The van der Waals surface area contributed by atoms with Crippen molar-refractivity contribution in [2.24, 2.45) is 11.8 Å². The number of halogens is 2. The Bertz CT molecular complexity index is 711. The van der Waals surface area contributed by atoms with Gasteiger partial charge in [-0.05, 0) is 46.2 Å². The lowest BCUT2D eigenvalue weighted by Gasteiger charge is -2.18. The van der Waals surface area contributed by atoms with Crippen LogP contribution in [0.4, 0.5) is 0 Å². The summed E-state index contributed by atoms with van der Waals surface area (Å²) in [6.07, 6.45) is 0. The SMILES string of the molecule is CC(C)COc1ccc(-c2cccc(CCl)c2CCl)cc1OCC(C)C. The Morgan fingerprint density at radius 3 is 2.04 bits per heavy atom. The number of benzene rings is 2. The highest BCUT2D eigenvalue weighted by Crippen LogP contribution is 2.36. The summed E-state index contributed by atoms with van der Waals surface area (Å²) < 4.78 is 12.0. The summed E-state index contributed by atoms with van der Waals surface area (Å²) in [5.74, 6) is 3.32. The highest BCUT2D eigenvalue weighted by Gasteiger charge is 2.13. The van der Waals surface area contributed by atoms with Crippen LogP contribution >= 0.6 is 23.2 Å². The first-order chi connectivity index (χ1) is 12.5. The van der Waals surface area contributed by atoms with Crippen LogP contribution in [0.5, 0.6) is 11.5 Å². The van der Waals surface area contributed by atoms with Crippen LogP contribution in [-0.2, 0) is 11.8 Å². The largest absolute Gasteiger partial charge is 0.489 e. The molecule has 2 aromatic rings. The molecule has 2 aromatic carbocycles. The van der Waals surface area contributed by atoms with Crippen molar-refractivity contribution >= 4 is 23.2 Å². The molecule has 0 atom stereocenters. The van der Waals surface area contributed by atoms with E-state index in [2.05, 4.69) is 39.8 Å². The zero-order valence-corrected chi connectivity index (χ0v) is 17.5. The molecule has 26 heavy (non-hydrogen) atoms. The highest BCUT2D eigenvalue weighted by molar-refractivity contribution is 6.19. The molecule has 0 aliphatic carbocycles. The van der Waals surface area contributed by atoms with Crippen molar-refractivity contribution in [2.75, 3.05) is 13.2 Å². The molecular formula is C22H28Cl2O2. The molecule has 0 radical (unpaired) electrons. The number of rotatable bonds is 9. The third kappa shape index (κ3) is 5.56.